The molecule has 1 fully saturated rings. The summed E-state index contributed by atoms with van der Waals surface area (Å²) in [5.41, 5.74) is 3.57. The molecule has 0 bridgehead atoms. The van der Waals surface area contributed by atoms with Crippen LogP contribution in [0.25, 0.3) is 0 Å². The molecule has 1 aromatic heterocycles. The minimum absolute atomic E-state index is 0.151. The lowest BCUT2D eigenvalue weighted by molar-refractivity contribution is 0.134. The molecule has 0 saturated carbocycles. The second-order valence-corrected chi connectivity index (χ2v) is 7.69. The SMILES string of the molecule is Cc1nc2c(c(N3CCC(NC(=O)OCc4ccccc4)CC3)n1)CCCC2. The Bertz CT molecular complexity index is 817. The van der Waals surface area contributed by atoms with E-state index in [1.165, 1.54) is 24.1 Å². The van der Waals surface area contributed by atoms with Crippen molar-refractivity contribution in [2.24, 2.45) is 0 Å². The zero-order valence-corrected chi connectivity index (χ0v) is 16.5. The molecule has 1 aliphatic heterocycles. The number of hydrogen-bond donors (Lipinski definition) is 1. The van der Waals surface area contributed by atoms with Gasteiger partial charge in [0.2, 0.25) is 0 Å². The molecule has 1 N–H and O–H groups in total. The highest BCUT2D eigenvalue weighted by atomic mass is 16.5. The van der Waals surface area contributed by atoms with Gasteiger partial charge in [-0.15, -0.1) is 0 Å². The highest BCUT2D eigenvalue weighted by molar-refractivity contribution is 5.67. The van der Waals surface area contributed by atoms with E-state index in [0.29, 0.717) is 6.61 Å². The monoisotopic (exact) mass is 380 g/mol. The second-order valence-electron chi connectivity index (χ2n) is 7.69. The van der Waals surface area contributed by atoms with Crippen molar-refractivity contribution in [3.05, 3.63) is 53.0 Å². The van der Waals surface area contributed by atoms with Crippen molar-refractivity contribution in [3.8, 4) is 0 Å². The van der Waals surface area contributed by atoms with Crippen molar-refractivity contribution in [1.29, 1.82) is 0 Å². The summed E-state index contributed by atoms with van der Waals surface area (Å²) in [7, 11) is 0. The predicted octanol–water partition coefficient (Wildman–Crippen LogP) is 3.56. The van der Waals surface area contributed by atoms with E-state index in [0.717, 1.165) is 56.0 Å². The number of amides is 1. The van der Waals surface area contributed by atoms with Gasteiger partial charge in [0.15, 0.2) is 0 Å². The van der Waals surface area contributed by atoms with Crippen molar-refractivity contribution >= 4 is 11.9 Å². The first kappa shape index (κ1) is 18.7. The summed E-state index contributed by atoms with van der Waals surface area (Å²) in [6, 6.07) is 9.90. The maximum Gasteiger partial charge on any atom is 0.407 e. The molecule has 28 heavy (non-hydrogen) atoms. The normalized spacial score (nSPS) is 17.1. The number of benzene rings is 1. The number of nitrogens with zero attached hydrogens (tertiary/aromatic N) is 3. The molecule has 0 radical (unpaired) electrons. The number of rotatable bonds is 4. The number of piperidine rings is 1. The van der Waals surface area contributed by atoms with Gasteiger partial charge in [-0.2, -0.15) is 0 Å². The molecule has 2 aromatic rings. The van der Waals surface area contributed by atoms with Gasteiger partial charge >= 0.3 is 6.09 Å². The lowest BCUT2D eigenvalue weighted by Gasteiger charge is -2.35. The summed E-state index contributed by atoms with van der Waals surface area (Å²) in [6.07, 6.45) is 6.05. The van der Waals surface area contributed by atoms with Gasteiger partial charge in [0.05, 0.1) is 0 Å². The largest absolute Gasteiger partial charge is 0.445 e. The van der Waals surface area contributed by atoms with E-state index < -0.39 is 0 Å². The summed E-state index contributed by atoms with van der Waals surface area (Å²) in [5.74, 6) is 1.98. The zero-order chi connectivity index (χ0) is 19.3. The average Bonchev–Trinajstić information content (AvgIpc) is 2.73. The first-order valence-electron chi connectivity index (χ1n) is 10.3. The van der Waals surface area contributed by atoms with Crippen LogP contribution in [0.1, 0.15) is 48.3 Å². The molecular weight excluding hydrogens is 352 g/mol. The van der Waals surface area contributed by atoms with Gasteiger partial charge in [0, 0.05) is 30.4 Å². The topological polar surface area (TPSA) is 67.4 Å². The molecule has 0 unspecified atom stereocenters. The fourth-order valence-electron chi connectivity index (χ4n) is 4.12. The first-order chi connectivity index (χ1) is 13.7. The predicted molar refractivity (Wildman–Crippen MR) is 108 cm³/mol. The van der Waals surface area contributed by atoms with Crippen molar-refractivity contribution < 1.29 is 9.53 Å². The number of anilines is 1. The molecule has 2 aliphatic rings. The minimum Gasteiger partial charge on any atom is -0.445 e. The highest BCUT2D eigenvalue weighted by Crippen LogP contribution is 2.29. The number of alkyl carbamates (subject to hydrolysis) is 1. The molecule has 1 aliphatic carbocycles. The summed E-state index contributed by atoms with van der Waals surface area (Å²) >= 11 is 0. The summed E-state index contributed by atoms with van der Waals surface area (Å²) < 4.78 is 5.35. The number of aryl methyl sites for hydroxylation is 2. The molecular formula is C22H28N4O2. The number of carbonyl (C=O) groups is 1. The third-order valence-electron chi connectivity index (χ3n) is 5.60. The summed E-state index contributed by atoms with van der Waals surface area (Å²) in [4.78, 5) is 23.9. The number of aromatic nitrogens is 2. The van der Waals surface area contributed by atoms with E-state index >= 15 is 0 Å². The van der Waals surface area contributed by atoms with Gasteiger partial charge in [-0.3, -0.25) is 0 Å². The van der Waals surface area contributed by atoms with E-state index in [-0.39, 0.29) is 12.1 Å². The average molecular weight is 380 g/mol. The van der Waals surface area contributed by atoms with E-state index in [9.17, 15) is 4.79 Å². The van der Waals surface area contributed by atoms with Crippen LogP contribution in [0, 0.1) is 6.92 Å². The summed E-state index contributed by atoms with van der Waals surface area (Å²) in [6.45, 7) is 4.08. The molecule has 1 aromatic carbocycles. The zero-order valence-electron chi connectivity index (χ0n) is 16.5. The summed E-state index contributed by atoms with van der Waals surface area (Å²) in [5, 5.41) is 3.01. The Balaban J connectivity index is 1.30. The molecule has 6 nitrogen and oxygen atoms in total. The Labute approximate surface area is 166 Å². The molecule has 0 spiro atoms. The third-order valence-corrected chi connectivity index (χ3v) is 5.60. The smallest absolute Gasteiger partial charge is 0.407 e. The Morgan fingerprint density at radius 3 is 2.68 bits per heavy atom. The van der Waals surface area contributed by atoms with Gasteiger partial charge < -0.3 is 15.0 Å². The van der Waals surface area contributed by atoms with Crippen LogP contribution in [0.3, 0.4) is 0 Å². The Morgan fingerprint density at radius 2 is 1.89 bits per heavy atom. The van der Waals surface area contributed by atoms with Gasteiger partial charge in [0.1, 0.15) is 18.2 Å². The molecule has 4 rings (SSSR count). The fourth-order valence-corrected chi connectivity index (χ4v) is 4.12. The van der Waals surface area contributed by atoms with Crippen LogP contribution in [0.4, 0.5) is 10.6 Å². The van der Waals surface area contributed by atoms with Crippen molar-refractivity contribution in [3.63, 3.8) is 0 Å². The van der Waals surface area contributed by atoms with E-state index in [4.69, 9.17) is 9.72 Å². The fraction of sp³-hybridized carbons (Fsp3) is 0.500. The van der Waals surface area contributed by atoms with Crippen molar-refractivity contribution in [2.45, 2.75) is 58.1 Å². The van der Waals surface area contributed by atoms with E-state index in [2.05, 4.69) is 15.2 Å². The van der Waals surface area contributed by atoms with Crippen molar-refractivity contribution in [1.82, 2.24) is 15.3 Å². The number of nitrogens with one attached hydrogen (secondary N) is 1. The van der Waals surface area contributed by atoms with Crippen LogP contribution < -0.4 is 10.2 Å². The van der Waals surface area contributed by atoms with Gasteiger partial charge in [-0.1, -0.05) is 30.3 Å². The molecule has 0 atom stereocenters. The maximum absolute atomic E-state index is 12.1. The third kappa shape index (κ3) is 4.43. The first-order valence-corrected chi connectivity index (χ1v) is 10.3. The van der Waals surface area contributed by atoms with Crippen molar-refractivity contribution in [2.75, 3.05) is 18.0 Å². The minimum atomic E-state index is -0.336. The molecule has 148 valence electrons. The number of hydrogen-bond acceptors (Lipinski definition) is 5. The van der Waals surface area contributed by atoms with Crippen LogP contribution in [0.2, 0.25) is 0 Å². The quantitative estimate of drug-likeness (QED) is 0.878. The van der Waals surface area contributed by atoms with E-state index in [1.54, 1.807) is 0 Å². The molecule has 2 heterocycles. The maximum atomic E-state index is 12.1. The standard InChI is InChI=1S/C22H28N4O2/c1-16-23-20-10-6-5-9-19(20)21(24-16)26-13-11-18(12-14-26)25-22(27)28-15-17-7-3-2-4-8-17/h2-4,7-8,18H,5-6,9-15H2,1H3,(H,25,27). The van der Waals surface area contributed by atoms with Gasteiger partial charge in [-0.05, 0) is 51.0 Å². The van der Waals surface area contributed by atoms with Crippen LogP contribution >= 0.6 is 0 Å². The van der Waals surface area contributed by atoms with Crippen LogP contribution in [-0.2, 0) is 24.2 Å². The van der Waals surface area contributed by atoms with Gasteiger partial charge in [-0.25, -0.2) is 14.8 Å². The van der Waals surface area contributed by atoms with Crippen LogP contribution in [0.15, 0.2) is 30.3 Å². The molecule has 6 heteroatoms. The second kappa shape index (κ2) is 8.59. The number of carbonyl (C=O) groups excluding carboxylic acids is 1. The highest BCUT2D eigenvalue weighted by Gasteiger charge is 2.26. The Morgan fingerprint density at radius 1 is 1.14 bits per heavy atom. The van der Waals surface area contributed by atoms with Crippen LogP contribution in [0.5, 0.6) is 0 Å². The van der Waals surface area contributed by atoms with Crippen LogP contribution in [-0.4, -0.2) is 35.2 Å². The lowest BCUT2D eigenvalue weighted by atomic mass is 9.95. The molecule has 1 saturated heterocycles. The lowest BCUT2D eigenvalue weighted by Crippen LogP contribution is -2.45. The van der Waals surface area contributed by atoms with Gasteiger partial charge in [0.25, 0.3) is 0 Å². The van der Waals surface area contributed by atoms with E-state index in [1.807, 2.05) is 37.3 Å². The Kier molecular flexibility index (Phi) is 5.74. The number of fused-ring (bicyclic) bond motifs is 1. The Hall–Kier alpha value is -2.63. The number of ether oxygens (including phenoxy) is 1. The molecule has 1 amide bonds.